The SMILES string of the molecule is CCC(=O)NCc1ccc(Cl)c(C2NC(=O)CC(c3ccc(OCCCF)nc3)N2)c1. The van der Waals surface area contributed by atoms with Crippen LogP contribution in [-0.2, 0) is 16.1 Å². The molecule has 0 radical (unpaired) electrons. The number of carbonyl (C=O) groups is 2. The monoisotopic (exact) mass is 448 g/mol. The van der Waals surface area contributed by atoms with Crippen molar-refractivity contribution in [2.75, 3.05) is 13.3 Å². The molecule has 31 heavy (non-hydrogen) atoms. The van der Waals surface area contributed by atoms with Crippen molar-refractivity contribution in [3.63, 3.8) is 0 Å². The molecule has 166 valence electrons. The van der Waals surface area contributed by atoms with Crippen molar-refractivity contribution in [2.24, 2.45) is 0 Å². The largest absolute Gasteiger partial charge is 0.478 e. The molecular weight excluding hydrogens is 423 g/mol. The highest BCUT2D eigenvalue weighted by Gasteiger charge is 2.29. The number of rotatable bonds is 9. The van der Waals surface area contributed by atoms with Crippen LogP contribution in [-0.4, -0.2) is 30.1 Å². The third kappa shape index (κ3) is 6.38. The Morgan fingerprint density at radius 3 is 2.90 bits per heavy atom. The fourth-order valence-electron chi connectivity index (χ4n) is 3.25. The number of halogens is 2. The first-order valence-electron chi connectivity index (χ1n) is 10.2. The molecule has 2 atom stereocenters. The summed E-state index contributed by atoms with van der Waals surface area (Å²) in [6, 6.07) is 8.76. The van der Waals surface area contributed by atoms with E-state index in [4.69, 9.17) is 16.3 Å². The van der Waals surface area contributed by atoms with Crippen LogP contribution in [0, 0.1) is 0 Å². The van der Waals surface area contributed by atoms with Crippen molar-refractivity contribution in [3.05, 3.63) is 58.2 Å². The van der Waals surface area contributed by atoms with Gasteiger partial charge in [0, 0.05) is 54.7 Å². The van der Waals surface area contributed by atoms with E-state index < -0.39 is 12.8 Å². The van der Waals surface area contributed by atoms with E-state index in [2.05, 4.69) is 20.9 Å². The second-order valence-corrected chi connectivity index (χ2v) is 7.64. The molecule has 0 bridgehead atoms. The van der Waals surface area contributed by atoms with E-state index in [9.17, 15) is 14.0 Å². The lowest BCUT2D eigenvalue weighted by atomic mass is 9.99. The number of nitrogens with one attached hydrogen (secondary N) is 3. The maximum atomic E-state index is 12.4. The number of hydrogen-bond acceptors (Lipinski definition) is 5. The van der Waals surface area contributed by atoms with E-state index in [1.807, 2.05) is 18.2 Å². The van der Waals surface area contributed by atoms with Crippen molar-refractivity contribution in [3.8, 4) is 5.88 Å². The molecule has 1 aromatic carbocycles. The summed E-state index contributed by atoms with van der Waals surface area (Å²) < 4.78 is 17.6. The maximum absolute atomic E-state index is 12.4. The average Bonchev–Trinajstić information content (AvgIpc) is 2.78. The average molecular weight is 449 g/mol. The molecule has 0 aliphatic carbocycles. The molecule has 2 heterocycles. The molecule has 3 N–H and O–H groups in total. The standard InChI is InChI=1S/C22H26ClFN4O3/c1-2-19(29)25-12-14-4-6-17(23)16(10-14)22-27-18(11-20(30)28-22)15-5-7-21(26-13-15)31-9-3-8-24/h4-7,10,13,18,22,27H,2-3,8-9,11-12H2,1H3,(H,25,29)(H,28,30). The van der Waals surface area contributed by atoms with Gasteiger partial charge in [-0.25, -0.2) is 4.98 Å². The highest BCUT2D eigenvalue weighted by Crippen LogP contribution is 2.30. The number of aromatic nitrogens is 1. The van der Waals surface area contributed by atoms with Crippen molar-refractivity contribution >= 4 is 23.4 Å². The van der Waals surface area contributed by atoms with Crippen LogP contribution in [0.5, 0.6) is 5.88 Å². The van der Waals surface area contributed by atoms with E-state index >= 15 is 0 Å². The van der Waals surface area contributed by atoms with E-state index in [1.165, 1.54) is 0 Å². The summed E-state index contributed by atoms with van der Waals surface area (Å²) in [5, 5.41) is 9.67. The van der Waals surface area contributed by atoms with Gasteiger partial charge in [-0.05, 0) is 23.3 Å². The smallest absolute Gasteiger partial charge is 0.223 e. The molecule has 1 saturated heterocycles. The highest BCUT2D eigenvalue weighted by atomic mass is 35.5. The van der Waals surface area contributed by atoms with E-state index in [-0.39, 0.29) is 30.9 Å². The Hall–Kier alpha value is -2.71. The van der Waals surface area contributed by atoms with Crippen molar-refractivity contribution < 1.29 is 18.7 Å². The molecule has 1 aliphatic heterocycles. The molecule has 0 spiro atoms. The summed E-state index contributed by atoms with van der Waals surface area (Å²) in [5.74, 6) is 0.266. The predicted octanol–water partition coefficient (Wildman–Crippen LogP) is 3.35. The maximum Gasteiger partial charge on any atom is 0.223 e. The summed E-state index contributed by atoms with van der Waals surface area (Å²) in [4.78, 5) is 28.2. The molecule has 0 saturated carbocycles. The zero-order chi connectivity index (χ0) is 22.2. The predicted molar refractivity (Wildman–Crippen MR) is 115 cm³/mol. The summed E-state index contributed by atoms with van der Waals surface area (Å²) >= 11 is 6.41. The number of alkyl halides is 1. The highest BCUT2D eigenvalue weighted by molar-refractivity contribution is 6.31. The third-order valence-corrected chi connectivity index (χ3v) is 5.28. The summed E-state index contributed by atoms with van der Waals surface area (Å²) in [7, 11) is 0. The second kappa shape index (κ2) is 11.1. The lowest BCUT2D eigenvalue weighted by molar-refractivity contribution is -0.124. The molecular formula is C22H26ClFN4O3. The fourth-order valence-corrected chi connectivity index (χ4v) is 3.48. The first-order chi connectivity index (χ1) is 15.0. The number of benzene rings is 1. The topological polar surface area (TPSA) is 92.4 Å². The number of pyridine rings is 1. The van der Waals surface area contributed by atoms with Crippen LogP contribution in [0.2, 0.25) is 5.02 Å². The first-order valence-corrected chi connectivity index (χ1v) is 10.6. The van der Waals surface area contributed by atoms with E-state index in [1.54, 1.807) is 25.3 Å². The number of carbonyl (C=O) groups excluding carboxylic acids is 2. The van der Waals surface area contributed by atoms with Gasteiger partial charge in [0.25, 0.3) is 0 Å². The molecule has 2 aromatic rings. The van der Waals surface area contributed by atoms with Crippen LogP contribution in [0.25, 0.3) is 0 Å². The molecule has 2 unspecified atom stereocenters. The van der Waals surface area contributed by atoms with Crippen LogP contribution in [0.3, 0.4) is 0 Å². The van der Waals surface area contributed by atoms with Crippen molar-refractivity contribution in [1.82, 2.24) is 20.9 Å². The van der Waals surface area contributed by atoms with Crippen LogP contribution in [0.4, 0.5) is 4.39 Å². The summed E-state index contributed by atoms with van der Waals surface area (Å²) in [6.45, 7) is 2.01. The van der Waals surface area contributed by atoms with Gasteiger partial charge in [-0.2, -0.15) is 0 Å². The normalized spacial score (nSPS) is 18.4. The number of hydrogen-bond donors (Lipinski definition) is 3. The van der Waals surface area contributed by atoms with Crippen molar-refractivity contribution in [1.29, 1.82) is 0 Å². The Morgan fingerprint density at radius 2 is 2.19 bits per heavy atom. The van der Waals surface area contributed by atoms with E-state index in [0.717, 1.165) is 16.7 Å². The first kappa shape index (κ1) is 23.0. The minimum Gasteiger partial charge on any atom is -0.478 e. The summed E-state index contributed by atoms with van der Waals surface area (Å²) in [6.07, 6.45) is 2.15. The van der Waals surface area contributed by atoms with Gasteiger partial charge in [0.05, 0.1) is 13.3 Å². The Kier molecular flexibility index (Phi) is 8.20. The Bertz CT molecular complexity index is 910. The van der Waals surface area contributed by atoms with Gasteiger partial charge >= 0.3 is 0 Å². The van der Waals surface area contributed by atoms with Gasteiger partial charge in [0.1, 0.15) is 6.17 Å². The van der Waals surface area contributed by atoms with Crippen LogP contribution in [0.15, 0.2) is 36.5 Å². The minimum absolute atomic E-state index is 0.0368. The van der Waals surface area contributed by atoms with Crippen LogP contribution >= 0.6 is 11.6 Å². The number of nitrogens with zero attached hydrogens (tertiary/aromatic N) is 1. The third-order valence-electron chi connectivity index (χ3n) is 4.93. The number of amides is 2. The molecule has 3 rings (SSSR count). The van der Waals surface area contributed by atoms with Crippen molar-refractivity contribution in [2.45, 2.75) is 44.9 Å². The quantitative estimate of drug-likeness (QED) is 0.512. The van der Waals surface area contributed by atoms with E-state index in [0.29, 0.717) is 30.3 Å². The van der Waals surface area contributed by atoms with Gasteiger partial charge in [-0.3, -0.25) is 19.3 Å². The second-order valence-electron chi connectivity index (χ2n) is 7.23. The summed E-state index contributed by atoms with van der Waals surface area (Å²) in [5.41, 5.74) is 2.44. The van der Waals surface area contributed by atoms with Crippen LogP contribution < -0.4 is 20.7 Å². The van der Waals surface area contributed by atoms with Gasteiger partial charge in [0.2, 0.25) is 17.7 Å². The van der Waals surface area contributed by atoms with Gasteiger partial charge in [-0.15, -0.1) is 0 Å². The Balaban J connectivity index is 1.72. The van der Waals surface area contributed by atoms with Gasteiger partial charge in [0.15, 0.2) is 0 Å². The molecule has 1 aliphatic rings. The molecule has 2 amide bonds. The van der Waals surface area contributed by atoms with Gasteiger partial charge < -0.3 is 15.4 Å². The fraction of sp³-hybridized carbons (Fsp3) is 0.409. The molecule has 9 heteroatoms. The van der Waals surface area contributed by atoms with Crippen LogP contribution in [0.1, 0.15) is 55.1 Å². The number of ether oxygens (including phenoxy) is 1. The molecule has 1 fully saturated rings. The molecule has 7 nitrogen and oxygen atoms in total. The Labute approximate surface area is 185 Å². The zero-order valence-electron chi connectivity index (χ0n) is 17.3. The lowest BCUT2D eigenvalue weighted by Gasteiger charge is -2.32. The molecule has 1 aromatic heterocycles. The van der Waals surface area contributed by atoms with Gasteiger partial charge in [-0.1, -0.05) is 30.7 Å². The minimum atomic E-state index is -0.485. The lowest BCUT2D eigenvalue weighted by Crippen LogP contribution is -2.46. The zero-order valence-corrected chi connectivity index (χ0v) is 18.0. The Morgan fingerprint density at radius 1 is 1.35 bits per heavy atom.